The minimum Gasteiger partial charge on any atom is -0.379 e. The van der Waals surface area contributed by atoms with Crippen LogP contribution in [0.1, 0.15) is 16.3 Å². The average Bonchev–Trinajstić information content (AvgIpc) is 3.45. The second-order valence-corrected chi connectivity index (χ2v) is 9.30. The Balaban J connectivity index is 1.16. The van der Waals surface area contributed by atoms with Crippen molar-refractivity contribution in [2.24, 2.45) is 0 Å². The fourth-order valence-corrected chi connectivity index (χ4v) is 5.03. The molecule has 0 bridgehead atoms. The third kappa shape index (κ3) is 5.68. The first-order chi connectivity index (χ1) is 16.2. The van der Waals surface area contributed by atoms with Gasteiger partial charge in [0.05, 0.1) is 30.3 Å². The summed E-state index contributed by atoms with van der Waals surface area (Å²) in [6.45, 7) is 5.62. The molecule has 2 aromatic heterocycles. The summed E-state index contributed by atoms with van der Waals surface area (Å²) < 4.78 is 7.71. The maximum absolute atomic E-state index is 12.6. The van der Waals surface area contributed by atoms with E-state index in [0.29, 0.717) is 0 Å². The highest BCUT2D eigenvalue weighted by Gasteiger charge is 2.12. The van der Waals surface area contributed by atoms with Crippen LogP contribution in [-0.2, 0) is 28.9 Å². The number of rotatable bonds is 8. The zero-order valence-corrected chi connectivity index (χ0v) is 19.4. The van der Waals surface area contributed by atoms with Gasteiger partial charge in [-0.2, -0.15) is 0 Å². The quantitative estimate of drug-likeness (QED) is 0.428. The van der Waals surface area contributed by atoms with Crippen molar-refractivity contribution in [3.8, 4) is 0 Å². The van der Waals surface area contributed by atoms with E-state index in [9.17, 15) is 4.79 Å². The highest BCUT2D eigenvalue weighted by atomic mass is 32.1. The van der Waals surface area contributed by atoms with E-state index < -0.39 is 0 Å². The number of benzene rings is 2. The molecule has 0 saturated carbocycles. The zero-order valence-electron chi connectivity index (χ0n) is 18.6. The molecule has 5 rings (SSSR count). The largest absolute Gasteiger partial charge is 0.379 e. The summed E-state index contributed by atoms with van der Waals surface area (Å²) in [4.78, 5) is 19.7. The Morgan fingerprint density at radius 3 is 2.76 bits per heavy atom. The molecule has 1 aliphatic heterocycles. The normalized spacial score (nSPS) is 14.5. The number of thiazole rings is 1. The minimum absolute atomic E-state index is 0.0438. The molecule has 0 atom stereocenters. The van der Waals surface area contributed by atoms with Crippen molar-refractivity contribution < 1.29 is 9.53 Å². The van der Waals surface area contributed by atoms with Crippen LogP contribution in [0.4, 0.5) is 5.69 Å². The van der Waals surface area contributed by atoms with Crippen LogP contribution in [0.2, 0.25) is 0 Å². The number of nitrogens with one attached hydrogen (secondary N) is 1. The van der Waals surface area contributed by atoms with Crippen LogP contribution in [0.3, 0.4) is 0 Å². The molecule has 170 valence electrons. The Morgan fingerprint density at radius 2 is 1.91 bits per heavy atom. The summed E-state index contributed by atoms with van der Waals surface area (Å²) in [5.41, 5.74) is 4.05. The standard InChI is InChI=1S/C26H28N4O2S/c31-25(18-23-19-33-26(28-23)16-20-4-2-1-3-5-20)27-22-6-7-24-21(17-22)8-9-30(24)11-10-29-12-14-32-15-13-29/h1-9,17,19H,10-16,18H2,(H,27,31). The van der Waals surface area contributed by atoms with E-state index in [1.807, 2.05) is 35.7 Å². The van der Waals surface area contributed by atoms with Gasteiger partial charge in [0.2, 0.25) is 5.91 Å². The van der Waals surface area contributed by atoms with E-state index >= 15 is 0 Å². The first-order valence-corrected chi connectivity index (χ1v) is 12.3. The van der Waals surface area contributed by atoms with Gasteiger partial charge in [-0.15, -0.1) is 11.3 Å². The van der Waals surface area contributed by atoms with Crippen molar-refractivity contribution in [2.75, 3.05) is 38.2 Å². The van der Waals surface area contributed by atoms with Gasteiger partial charge in [0.1, 0.15) is 0 Å². The van der Waals surface area contributed by atoms with Gasteiger partial charge in [-0.25, -0.2) is 4.98 Å². The monoisotopic (exact) mass is 460 g/mol. The first-order valence-electron chi connectivity index (χ1n) is 11.4. The van der Waals surface area contributed by atoms with Crippen LogP contribution < -0.4 is 5.32 Å². The van der Waals surface area contributed by atoms with Crippen LogP contribution in [0.15, 0.2) is 66.2 Å². The van der Waals surface area contributed by atoms with Crippen LogP contribution in [-0.4, -0.2) is 53.2 Å². The number of fused-ring (bicyclic) bond motifs is 1. The van der Waals surface area contributed by atoms with Crippen molar-refractivity contribution in [1.29, 1.82) is 0 Å². The van der Waals surface area contributed by atoms with E-state index in [-0.39, 0.29) is 12.3 Å². The maximum atomic E-state index is 12.6. The van der Waals surface area contributed by atoms with Gasteiger partial charge in [0, 0.05) is 60.8 Å². The van der Waals surface area contributed by atoms with Gasteiger partial charge in [0.25, 0.3) is 0 Å². The predicted octanol–water partition coefficient (Wildman–Crippen LogP) is 4.20. The fraction of sp³-hybridized carbons (Fsp3) is 0.308. The van der Waals surface area contributed by atoms with E-state index in [1.165, 1.54) is 11.1 Å². The number of nitrogens with zero attached hydrogens (tertiary/aromatic N) is 3. The lowest BCUT2D eigenvalue weighted by atomic mass is 10.2. The molecule has 33 heavy (non-hydrogen) atoms. The number of ether oxygens (including phenoxy) is 1. The topological polar surface area (TPSA) is 59.4 Å². The highest BCUT2D eigenvalue weighted by Crippen LogP contribution is 2.21. The van der Waals surface area contributed by atoms with Crippen molar-refractivity contribution in [2.45, 2.75) is 19.4 Å². The molecule has 1 fully saturated rings. The summed E-state index contributed by atoms with van der Waals surface area (Å²) in [6.07, 6.45) is 3.20. The summed E-state index contributed by atoms with van der Waals surface area (Å²) in [6, 6.07) is 18.5. The SMILES string of the molecule is O=C(Cc1csc(Cc2ccccc2)n1)Nc1ccc2c(ccn2CCN2CCOCC2)c1. The Labute approximate surface area is 197 Å². The third-order valence-corrected chi connectivity index (χ3v) is 6.85. The second-order valence-electron chi connectivity index (χ2n) is 8.36. The molecule has 1 N–H and O–H groups in total. The molecular weight excluding hydrogens is 432 g/mol. The van der Waals surface area contributed by atoms with Crippen LogP contribution in [0.5, 0.6) is 0 Å². The van der Waals surface area contributed by atoms with E-state index in [1.54, 1.807) is 11.3 Å². The average molecular weight is 461 g/mol. The number of carbonyl (C=O) groups is 1. The number of aromatic nitrogens is 2. The predicted molar refractivity (Wildman–Crippen MR) is 133 cm³/mol. The molecule has 0 unspecified atom stereocenters. The zero-order chi connectivity index (χ0) is 22.5. The lowest BCUT2D eigenvalue weighted by Gasteiger charge is -2.26. The van der Waals surface area contributed by atoms with Crippen molar-refractivity contribution in [3.05, 3.63) is 82.4 Å². The molecule has 1 saturated heterocycles. The van der Waals surface area contributed by atoms with E-state index in [4.69, 9.17) is 4.74 Å². The summed E-state index contributed by atoms with van der Waals surface area (Å²) in [5, 5.41) is 7.17. The molecule has 3 heterocycles. The molecule has 0 spiro atoms. The molecule has 7 heteroatoms. The molecule has 1 amide bonds. The molecule has 1 aliphatic rings. The van der Waals surface area contributed by atoms with Crippen LogP contribution >= 0.6 is 11.3 Å². The van der Waals surface area contributed by atoms with Gasteiger partial charge in [-0.3, -0.25) is 9.69 Å². The Kier molecular flexibility index (Phi) is 6.81. The second kappa shape index (κ2) is 10.3. The summed E-state index contributed by atoms with van der Waals surface area (Å²) >= 11 is 1.61. The Hall–Kier alpha value is -3.00. The highest BCUT2D eigenvalue weighted by molar-refractivity contribution is 7.09. The van der Waals surface area contributed by atoms with E-state index in [0.717, 1.165) is 67.6 Å². The number of morpholine rings is 1. The number of hydrogen-bond donors (Lipinski definition) is 1. The van der Waals surface area contributed by atoms with Gasteiger partial charge >= 0.3 is 0 Å². The summed E-state index contributed by atoms with van der Waals surface area (Å²) in [7, 11) is 0. The first kappa shape index (κ1) is 21.8. The summed E-state index contributed by atoms with van der Waals surface area (Å²) in [5.74, 6) is -0.0438. The molecule has 0 aliphatic carbocycles. The fourth-order valence-electron chi connectivity index (χ4n) is 4.20. The number of amides is 1. The van der Waals surface area contributed by atoms with Gasteiger partial charge in [0.15, 0.2) is 0 Å². The van der Waals surface area contributed by atoms with Crippen LogP contribution in [0, 0.1) is 0 Å². The smallest absolute Gasteiger partial charge is 0.230 e. The lowest BCUT2D eigenvalue weighted by molar-refractivity contribution is -0.115. The molecule has 0 radical (unpaired) electrons. The van der Waals surface area contributed by atoms with Gasteiger partial charge in [-0.05, 0) is 29.8 Å². The molecule has 2 aromatic carbocycles. The van der Waals surface area contributed by atoms with Crippen molar-refractivity contribution in [3.63, 3.8) is 0 Å². The number of hydrogen-bond acceptors (Lipinski definition) is 5. The maximum Gasteiger partial charge on any atom is 0.230 e. The third-order valence-electron chi connectivity index (χ3n) is 5.95. The molecule has 6 nitrogen and oxygen atoms in total. The van der Waals surface area contributed by atoms with Crippen molar-refractivity contribution in [1.82, 2.24) is 14.5 Å². The van der Waals surface area contributed by atoms with Crippen LogP contribution in [0.25, 0.3) is 10.9 Å². The Bertz CT molecular complexity index is 1210. The molecular formula is C26H28N4O2S. The molecule has 4 aromatic rings. The number of carbonyl (C=O) groups excluding carboxylic acids is 1. The minimum atomic E-state index is -0.0438. The van der Waals surface area contributed by atoms with E-state index in [2.05, 4.69) is 50.2 Å². The lowest BCUT2D eigenvalue weighted by Crippen LogP contribution is -2.38. The van der Waals surface area contributed by atoms with Gasteiger partial charge in [-0.1, -0.05) is 30.3 Å². The number of anilines is 1. The Morgan fingerprint density at radius 1 is 1.06 bits per heavy atom. The van der Waals surface area contributed by atoms with Gasteiger partial charge < -0.3 is 14.6 Å². The van der Waals surface area contributed by atoms with Crippen molar-refractivity contribution >= 4 is 33.8 Å².